The van der Waals surface area contributed by atoms with Gasteiger partial charge in [-0.1, -0.05) is 23.4 Å². The van der Waals surface area contributed by atoms with Crippen molar-refractivity contribution in [1.82, 2.24) is 20.4 Å². The highest BCUT2D eigenvalue weighted by atomic mass is 16.5. The normalized spacial score (nSPS) is 19.3. The lowest BCUT2D eigenvalue weighted by molar-refractivity contribution is 0.190. The van der Waals surface area contributed by atoms with Gasteiger partial charge in [0.25, 0.3) is 0 Å². The van der Waals surface area contributed by atoms with E-state index in [2.05, 4.69) is 51.8 Å². The molecule has 0 bridgehead atoms. The van der Waals surface area contributed by atoms with Crippen LogP contribution in [0.4, 0.5) is 5.69 Å². The van der Waals surface area contributed by atoms with E-state index in [1.54, 1.807) is 0 Å². The van der Waals surface area contributed by atoms with Crippen LogP contribution in [0.2, 0.25) is 0 Å². The topological polar surface area (TPSA) is 66.2 Å². The molecule has 0 aliphatic carbocycles. The van der Waals surface area contributed by atoms with Crippen LogP contribution in [-0.2, 0) is 6.42 Å². The first kappa shape index (κ1) is 15.0. The van der Waals surface area contributed by atoms with Crippen LogP contribution in [0.1, 0.15) is 23.3 Å². The summed E-state index contributed by atoms with van der Waals surface area (Å²) in [6.07, 6.45) is 0.727. The third-order valence-corrected chi connectivity index (χ3v) is 4.09. The number of hydrogen-bond acceptors (Lipinski definition) is 6. The largest absolute Gasteiger partial charge is 0.384 e. The highest BCUT2D eigenvalue weighted by molar-refractivity contribution is 5.50. The van der Waals surface area contributed by atoms with Crippen LogP contribution in [0, 0.1) is 6.92 Å². The van der Waals surface area contributed by atoms with E-state index < -0.39 is 0 Å². The van der Waals surface area contributed by atoms with Gasteiger partial charge in [-0.15, -0.1) is 0 Å². The molecule has 22 heavy (non-hydrogen) atoms. The Balaban J connectivity index is 1.55. The number of likely N-dealkylation sites (N-methyl/N-ethyl adjacent to an activating group) is 1. The summed E-state index contributed by atoms with van der Waals surface area (Å²) in [4.78, 5) is 6.80. The molecule has 1 atom stereocenters. The third kappa shape index (κ3) is 3.45. The number of nitrogens with zero attached hydrogens (tertiary/aromatic N) is 3. The van der Waals surface area contributed by atoms with E-state index in [0.717, 1.165) is 44.1 Å². The smallest absolute Gasteiger partial charge is 0.228 e. The quantitative estimate of drug-likeness (QED) is 0.874. The van der Waals surface area contributed by atoms with Gasteiger partial charge in [-0.2, -0.15) is 4.98 Å². The maximum absolute atomic E-state index is 5.38. The number of anilines is 1. The Bertz CT molecular complexity index is 612. The molecule has 2 aromatic rings. The van der Waals surface area contributed by atoms with E-state index in [9.17, 15) is 0 Å². The number of hydrogen-bond donors (Lipinski definition) is 2. The second-order valence-electron chi connectivity index (χ2n) is 5.74. The zero-order valence-corrected chi connectivity index (χ0v) is 13.2. The monoisotopic (exact) mass is 301 g/mol. The van der Waals surface area contributed by atoms with Crippen molar-refractivity contribution in [3.63, 3.8) is 0 Å². The number of aryl methyl sites for hydroxylation is 1. The first-order valence-corrected chi connectivity index (χ1v) is 7.77. The molecular formula is C16H23N5O. The SMILES string of the molecule is Cc1ccccc1NCCc1nc(C2CNCCN2C)no1. The minimum Gasteiger partial charge on any atom is -0.384 e. The molecule has 3 rings (SSSR count). The Morgan fingerprint density at radius 2 is 2.27 bits per heavy atom. The van der Waals surface area contributed by atoms with Gasteiger partial charge in [0.1, 0.15) is 0 Å². The highest BCUT2D eigenvalue weighted by Crippen LogP contribution is 2.18. The summed E-state index contributed by atoms with van der Waals surface area (Å²) >= 11 is 0. The Morgan fingerprint density at radius 1 is 1.41 bits per heavy atom. The Morgan fingerprint density at radius 3 is 3.09 bits per heavy atom. The summed E-state index contributed by atoms with van der Waals surface area (Å²) in [5.41, 5.74) is 2.39. The van der Waals surface area contributed by atoms with Crippen LogP contribution in [-0.4, -0.2) is 48.3 Å². The molecule has 1 aliphatic heterocycles. The molecule has 0 radical (unpaired) electrons. The molecule has 0 saturated carbocycles. The second kappa shape index (κ2) is 6.89. The van der Waals surface area contributed by atoms with Crippen molar-refractivity contribution in [1.29, 1.82) is 0 Å². The van der Waals surface area contributed by atoms with E-state index in [4.69, 9.17) is 4.52 Å². The van der Waals surface area contributed by atoms with Crippen LogP contribution in [0.15, 0.2) is 28.8 Å². The molecule has 1 aromatic heterocycles. The summed E-state index contributed by atoms with van der Waals surface area (Å²) in [6.45, 7) is 5.77. The molecular weight excluding hydrogens is 278 g/mol. The van der Waals surface area contributed by atoms with Gasteiger partial charge in [-0.25, -0.2) is 0 Å². The number of nitrogens with one attached hydrogen (secondary N) is 2. The van der Waals surface area contributed by atoms with Crippen molar-refractivity contribution in [2.75, 3.05) is 38.5 Å². The van der Waals surface area contributed by atoms with Crippen molar-refractivity contribution in [2.45, 2.75) is 19.4 Å². The fourth-order valence-electron chi connectivity index (χ4n) is 2.67. The second-order valence-corrected chi connectivity index (χ2v) is 5.74. The highest BCUT2D eigenvalue weighted by Gasteiger charge is 2.24. The molecule has 0 amide bonds. The average Bonchev–Trinajstić information content (AvgIpc) is 2.98. The van der Waals surface area contributed by atoms with Crippen molar-refractivity contribution in [3.05, 3.63) is 41.5 Å². The van der Waals surface area contributed by atoms with Gasteiger partial charge in [0, 0.05) is 38.3 Å². The van der Waals surface area contributed by atoms with Crippen LogP contribution in [0.25, 0.3) is 0 Å². The molecule has 1 aromatic carbocycles. The number of rotatable bonds is 5. The molecule has 118 valence electrons. The maximum atomic E-state index is 5.38. The molecule has 6 heteroatoms. The first-order chi connectivity index (χ1) is 10.7. The van der Waals surface area contributed by atoms with Gasteiger partial charge in [-0.05, 0) is 25.6 Å². The lowest BCUT2D eigenvalue weighted by atomic mass is 10.2. The number of benzene rings is 1. The summed E-state index contributed by atoms with van der Waals surface area (Å²) in [5.74, 6) is 1.47. The summed E-state index contributed by atoms with van der Waals surface area (Å²) in [5, 5.41) is 10.9. The van der Waals surface area contributed by atoms with E-state index in [1.807, 2.05) is 12.1 Å². The lowest BCUT2D eigenvalue weighted by Crippen LogP contribution is -2.44. The van der Waals surface area contributed by atoms with E-state index in [0.29, 0.717) is 5.89 Å². The Kier molecular flexibility index (Phi) is 4.70. The van der Waals surface area contributed by atoms with Crippen molar-refractivity contribution >= 4 is 5.69 Å². The molecule has 2 N–H and O–H groups in total. The molecule has 1 saturated heterocycles. The molecule has 1 fully saturated rings. The van der Waals surface area contributed by atoms with Gasteiger partial charge in [0.15, 0.2) is 5.82 Å². The van der Waals surface area contributed by atoms with E-state index in [1.165, 1.54) is 5.56 Å². The van der Waals surface area contributed by atoms with Crippen molar-refractivity contribution in [2.24, 2.45) is 0 Å². The Labute approximate surface area is 130 Å². The van der Waals surface area contributed by atoms with Crippen LogP contribution in [0.3, 0.4) is 0 Å². The van der Waals surface area contributed by atoms with Crippen molar-refractivity contribution in [3.8, 4) is 0 Å². The van der Waals surface area contributed by atoms with Crippen molar-refractivity contribution < 1.29 is 4.52 Å². The fourth-order valence-corrected chi connectivity index (χ4v) is 2.67. The molecule has 1 unspecified atom stereocenters. The molecule has 0 spiro atoms. The van der Waals surface area contributed by atoms with Crippen LogP contribution >= 0.6 is 0 Å². The van der Waals surface area contributed by atoms with Gasteiger partial charge in [0.05, 0.1) is 6.04 Å². The van der Waals surface area contributed by atoms with Gasteiger partial charge in [0.2, 0.25) is 5.89 Å². The standard InChI is InChI=1S/C16H23N5O/c1-12-5-3-4-6-13(12)18-8-7-15-19-16(20-22-15)14-11-17-9-10-21(14)2/h3-6,14,17-18H,7-11H2,1-2H3. The minimum absolute atomic E-state index is 0.204. The summed E-state index contributed by atoms with van der Waals surface area (Å²) in [7, 11) is 2.10. The predicted octanol–water partition coefficient (Wildman–Crippen LogP) is 1.61. The summed E-state index contributed by atoms with van der Waals surface area (Å²) < 4.78 is 5.38. The number of para-hydroxylation sites is 1. The molecule has 2 heterocycles. The van der Waals surface area contributed by atoms with Gasteiger partial charge < -0.3 is 15.2 Å². The number of piperazine rings is 1. The van der Waals surface area contributed by atoms with E-state index in [-0.39, 0.29) is 6.04 Å². The molecule has 6 nitrogen and oxygen atoms in total. The van der Waals surface area contributed by atoms with Crippen LogP contribution < -0.4 is 10.6 Å². The van der Waals surface area contributed by atoms with E-state index >= 15 is 0 Å². The lowest BCUT2D eigenvalue weighted by Gasteiger charge is -2.30. The predicted molar refractivity (Wildman–Crippen MR) is 85.9 cm³/mol. The zero-order valence-electron chi connectivity index (χ0n) is 13.2. The maximum Gasteiger partial charge on any atom is 0.228 e. The first-order valence-electron chi connectivity index (χ1n) is 7.77. The average molecular weight is 301 g/mol. The Hall–Kier alpha value is -1.92. The minimum atomic E-state index is 0.204. The summed E-state index contributed by atoms with van der Waals surface area (Å²) in [6, 6.07) is 8.46. The van der Waals surface area contributed by atoms with Crippen LogP contribution in [0.5, 0.6) is 0 Å². The van der Waals surface area contributed by atoms with Gasteiger partial charge in [-0.3, -0.25) is 4.90 Å². The third-order valence-electron chi connectivity index (χ3n) is 4.09. The fraction of sp³-hybridized carbons (Fsp3) is 0.500. The van der Waals surface area contributed by atoms with Gasteiger partial charge >= 0.3 is 0 Å². The molecule has 1 aliphatic rings. The number of aromatic nitrogens is 2. The zero-order chi connectivity index (χ0) is 15.4.